The van der Waals surface area contributed by atoms with Gasteiger partial charge in [-0.05, 0) is 6.92 Å². The van der Waals surface area contributed by atoms with Gasteiger partial charge in [0.25, 0.3) is 0 Å². The lowest BCUT2D eigenvalue weighted by molar-refractivity contribution is 0.897. The molecule has 0 aromatic carbocycles. The van der Waals surface area contributed by atoms with E-state index in [4.69, 9.17) is 0 Å². The van der Waals surface area contributed by atoms with Gasteiger partial charge in [0, 0.05) is 11.1 Å². The Hall–Kier alpha value is -1.43. The van der Waals surface area contributed by atoms with Crippen LogP contribution in [0.2, 0.25) is 0 Å². The average Bonchev–Trinajstić information content (AvgIpc) is 2.31. The second-order valence-electron chi connectivity index (χ2n) is 2.34. The lowest BCUT2D eigenvalue weighted by Crippen LogP contribution is -2.27. The van der Waals surface area contributed by atoms with Crippen molar-refractivity contribution < 1.29 is 0 Å². The second-order valence-corrected chi connectivity index (χ2v) is 3.18. The number of nitrogens with zero attached hydrogens (tertiary/aromatic N) is 2. The third-order valence-corrected chi connectivity index (χ3v) is 2.44. The number of hydrogen-bond donors (Lipinski definition) is 1. The Morgan fingerprint density at radius 1 is 1.58 bits per heavy atom. The highest BCUT2D eigenvalue weighted by molar-refractivity contribution is 7.15. The molecular weight excluding hydrogens is 178 g/mol. The molecule has 6 heteroatoms. The monoisotopic (exact) mass is 183 g/mol. The summed E-state index contributed by atoms with van der Waals surface area (Å²) in [7, 11) is 0. The zero-order valence-electron chi connectivity index (χ0n) is 6.20. The third-order valence-electron chi connectivity index (χ3n) is 1.49. The molecule has 0 atom stereocenters. The quantitative estimate of drug-likeness (QED) is 0.612. The molecule has 0 fully saturated rings. The zero-order valence-corrected chi connectivity index (χ0v) is 7.01. The molecule has 0 aliphatic rings. The average molecular weight is 183 g/mol. The molecule has 0 unspecified atom stereocenters. The maximum Gasteiger partial charge on any atom is 0.351 e. The van der Waals surface area contributed by atoms with E-state index in [0.29, 0.717) is 4.96 Å². The normalized spacial score (nSPS) is 10.8. The van der Waals surface area contributed by atoms with Gasteiger partial charge in [0.15, 0.2) is 0 Å². The van der Waals surface area contributed by atoms with Gasteiger partial charge < -0.3 is 0 Å². The lowest BCUT2D eigenvalue weighted by atomic mass is 10.6. The van der Waals surface area contributed by atoms with Crippen LogP contribution in [-0.2, 0) is 0 Å². The van der Waals surface area contributed by atoms with Gasteiger partial charge in [-0.3, -0.25) is 4.98 Å². The fourth-order valence-electron chi connectivity index (χ4n) is 0.980. The minimum atomic E-state index is -0.596. The highest BCUT2D eigenvalue weighted by atomic mass is 32.1. The van der Waals surface area contributed by atoms with Gasteiger partial charge in [-0.25, -0.2) is 14.0 Å². The van der Waals surface area contributed by atoms with E-state index >= 15 is 0 Å². The molecule has 2 rings (SSSR count). The number of aryl methyl sites for hydroxylation is 1. The van der Waals surface area contributed by atoms with Crippen LogP contribution in [0.4, 0.5) is 0 Å². The van der Waals surface area contributed by atoms with Crippen LogP contribution in [0.15, 0.2) is 15.0 Å². The molecule has 0 radical (unpaired) electrons. The van der Waals surface area contributed by atoms with Crippen molar-refractivity contribution in [3.8, 4) is 0 Å². The summed E-state index contributed by atoms with van der Waals surface area (Å²) in [5.74, 6) is 0. The minimum Gasteiger partial charge on any atom is -0.257 e. The summed E-state index contributed by atoms with van der Waals surface area (Å²) in [6.07, 6.45) is 0. The van der Waals surface area contributed by atoms with Crippen LogP contribution in [-0.4, -0.2) is 14.4 Å². The number of fused-ring (bicyclic) bond motifs is 1. The van der Waals surface area contributed by atoms with E-state index in [-0.39, 0.29) is 0 Å². The van der Waals surface area contributed by atoms with Crippen LogP contribution < -0.4 is 11.4 Å². The first-order valence-corrected chi connectivity index (χ1v) is 4.13. The predicted octanol–water partition coefficient (Wildman–Crippen LogP) is -0.247. The van der Waals surface area contributed by atoms with E-state index in [1.165, 1.54) is 15.7 Å². The molecule has 1 N–H and O–H groups in total. The van der Waals surface area contributed by atoms with Crippen molar-refractivity contribution in [3.63, 3.8) is 0 Å². The molecule has 0 amide bonds. The lowest BCUT2D eigenvalue weighted by Gasteiger charge is -1.90. The van der Waals surface area contributed by atoms with E-state index < -0.39 is 11.4 Å². The largest absolute Gasteiger partial charge is 0.351 e. The summed E-state index contributed by atoms with van der Waals surface area (Å²) in [6, 6.07) is 0. The van der Waals surface area contributed by atoms with Crippen LogP contribution in [0, 0.1) is 6.92 Å². The zero-order chi connectivity index (χ0) is 8.72. The molecule has 12 heavy (non-hydrogen) atoms. The molecule has 0 saturated heterocycles. The van der Waals surface area contributed by atoms with E-state index in [0.717, 1.165) is 5.69 Å². The van der Waals surface area contributed by atoms with Crippen molar-refractivity contribution in [3.05, 3.63) is 32.0 Å². The number of thiazole rings is 1. The summed E-state index contributed by atoms with van der Waals surface area (Å²) in [5, 5.41) is 1.77. The Balaban J connectivity index is 3.13. The van der Waals surface area contributed by atoms with Crippen molar-refractivity contribution in [2.24, 2.45) is 0 Å². The molecule has 0 aliphatic carbocycles. The van der Waals surface area contributed by atoms with Gasteiger partial charge >= 0.3 is 11.4 Å². The second kappa shape index (κ2) is 2.28. The van der Waals surface area contributed by atoms with Crippen molar-refractivity contribution in [2.45, 2.75) is 6.92 Å². The number of H-pyrrole nitrogens is 1. The van der Waals surface area contributed by atoms with Crippen LogP contribution in [0.5, 0.6) is 0 Å². The fraction of sp³-hybridized carbons (Fsp3) is 0.167. The Labute approximate surface area is 70.3 Å². The number of nitrogens with one attached hydrogen (secondary N) is 1. The third kappa shape index (κ3) is 0.884. The Kier molecular flexibility index (Phi) is 1.37. The SMILES string of the molecule is Cc1csc2nc(=O)[nH]c(=O)n12. The number of aromatic amines is 1. The van der Waals surface area contributed by atoms with Crippen molar-refractivity contribution >= 4 is 16.3 Å². The Morgan fingerprint density at radius 3 is 3.08 bits per heavy atom. The molecule has 0 aliphatic heterocycles. The topological polar surface area (TPSA) is 67.2 Å². The predicted molar refractivity (Wildman–Crippen MR) is 44.7 cm³/mol. The van der Waals surface area contributed by atoms with Gasteiger partial charge in [-0.2, -0.15) is 4.98 Å². The van der Waals surface area contributed by atoms with E-state index in [9.17, 15) is 9.59 Å². The van der Waals surface area contributed by atoms with Crippen molar-refractivity contribution in [2.75, 3.05) is 0 Å². The summed E-state index contributed by atoms with van der Waals surface area (Å²) >= 11 is 1.27. The van der Waals surface area contributed by atoms with Crippen LogP contribution in [0.25, 0.3) is 4.96 Å². The van der Waals surface area contributed by atoms with E-state index in [2.05, 4.69) is 9.97 Å². The highest BCUT2D eigenvalue weighted by Crippen LogP contribution is 2.07. The van der Waals surface area contributed by atoms with Crippen molar-refractivity contribution in [1.29, 1.82) is 0 Å². The number of aromatic nitrogens is 3. The number of hydrogen-bond acceptors (Lipinski definition) is 4. The van der Waals surface area contributed by atoms with Gasteiger partial charge in [0.05, 0.1) is 0 Å². The number of rotatable bonds is 0. The standard InChI is InChI=1S/C6H5N3O2S/c1-3-2-12-6-8-4(10)7-5(11)9(3)6/h2H,1H3,(H,7,10,11). The maximum absolute atomic E-state index is 11.2. The smallest absolute Gasteiger partial charge is 0.257 e. The van der Waals surface area contributed by atoms with Gasteiger partial charge in [-0.15, -0.1) is 11.3 Å². The van der Waals surface area contributed by atoms with Gasteiger partial charge in [0.1, 0.15) is 0 Å². The Morgan fingerprint density at radius 2 is 2.33 bits per heavy atom. The summed E-state index contributed by atoms with van der Waals surface area (Å²) < 4.78 is 1.37. The fourth-order valence-corrected chi connectivity index (χ4v) is 1.83. The molecule has 5 nitrogen and oxygen atoms in total. The summed E-state index contributed by atoms with van der Waals surface area (Å²) in [6.45, 7) is 1.78. The van der Waals surface area contributed by atoms with Gasteiger partial charge in [-0.1, -0.05) is 0 Å². The molecule has 0 bridgehead atoms. The van der Waals surface area contributed by atoms with E-state index in [1.54, 1.807) is 12.3 Å². The molecule has 0 saturated carbocycles. The molecule has 2 aromatic heterocycles. The Bertz CT molecular complexity index is 535. The molecule has 2 aromatic rings. The molecule has 2 heterocycles. The van der Waals surface area contributed by atoms with Crippen LogP contribution >= 0.6 is 11.3 Å². The first-order valence-electron chi connectivity index (χ1n) is 3.25. The molecule has 0 spiro atoms. The van der Waals surface area contributed by atoms with Gasteiger partial charge in [0.2, 0.25) is 4.96 Å². The van der Waals surface area contributed by atoms with E-state index in [1.807, 2.05) is 0 Å². The summed E-state index contributed by atoms with van der Waals surface area (Å²) in [4.78, 5) is 28.0. The molecule has 62 valence electrons. The first-order chi connectivity index (χ1) is 5.68. The first kappa shape index (κ1) is 7.23. The maximum atomic E-state index is 11.2. The highest BCUT2D eigenvalue weighted by Gasteiger charge is 2.02. The molecular formula is C6H5N3O2S. The van der Waals surface area contributed by atoms with Crippen molar-refractivity contribution in [1.82, 2.24) is 14.4 Å². The van der Waals surface area contributed by atoms with Crippen LogP contribution in [0.1, 0.15) is 5.69 Å². The minimum absolute atomic E-state index is 0.427. The summed E-state index contributed by atoms with van der Waals surface area (Å²) in [5.41, 5.74) is -0.241. The van der Waals surface area contributed by atoms with Crippen LogP contribution in [0.3, 0.4) is 0 Å².